The Balaban J connectivity index is 3.65. The Hall–Kier alpha value is -0.770. The second-order valence-corrected chi connectivity index (χ2v) is 2.59. The van der Waals surface area contributed by atoms with E-state index in [4.69, 9.17) is 5.26 Å². The predicted octanol–water partition coefficient (Wildman–Crippen LogP) is 2.36. The van der Waals surface area contributed by atoms with Crippen LogP contribution in [0.3, 0.4) is 0 Å². The molecule has 0 aliphatic heterocycles. The molecule has 1 nitrogen and oxygen atoms in total. The summed E-state index contributed by atoms with van der Waals surface area (Å²) in [5.74, 6) is 1.15. The Morgan fingerprint density at radius 3 is 2.22 bits per heavy atom. The molecule has 0 N–H and O–H groups in total. The van der Waals surface area contributed by atoms with Gasteiger partial charge < -0.3 is 0 Å². The standard InChI is InChI=1S/C8H13N/c1-7(2)8(3)5-4-6-9/h4-5,7-8H,1-3H3. The normalized spacial score (nSPS) is 14.1. The van der Waals surface area contributed by atoms with Crippen molar-refractivity contribution in [1.82, 2.24) is 0 Å². The first-order chi connectivity index (χ1) is 4.18. The predicted molar refractivity (Wildman–Crippen MR) is 38.8 cm³/mol. The van der Waals surface area contributed by atoms with Gasteiger partial charge in [-0.3, -0.25) is 0 Å². The molecule has 0 amide bonds. The van der Waals surface area contributed by atoms with Crippen LogP contribution in [-0.2, 0) is 0 Å². The molecule has 0 radical (unpaired) electrons. The molecular formula is C8H13N. The van der Waals surface area contributed by atoms with Crippen molar-refractivity contribution in [2.75, 3.05) is 0 Å². The van der Waals surface area contributed by atoms with Crippen LogP contribution < -0.4 is 0 Å². The molecule has 0 heterocycles. The maximum Gasteiger partial charge on any atom is 0.0908 e. The van der Waals surface area contributed by atoms with Crippen molar-refractivity contribution < 1.29 is 0 Å². The second kappa shape index (κ2) is 4.14. The third-order valence-corrected chi connectivity index (χ3v) is 1.53. The van der Waals surface area contributed by atoms with Crippen LogP contribution >= 0.6 is 0 Å². The topological polar surface area (TPSA) is 23.8 Å². The summed E-state index contributed by atoms with van der Waals surface area (Å²) in [5, 5.41) is 8.16. The van der Waals surface area contributed by atoms with E-state index in [-0.39, 0.29) is 0 Å². The van der Waals surface area contributed by atoms with Crippen molar-refractivity contribution in [3.8, 4) is 6.07 Å². The number of hydrogen-bond acceptors (Lipinski definition) is 1. The lowest BCUT2D eigenvalue weighted by Gasteiger charge is -2.07. The largest absolute Gasteiger partial charge is 0.193 e. The zero-order valence-corrected chi connectivity index (χ0v) is 6.26. The van der Waals surface area contributed by atoms with Gasteiger partial charge in [0.2, 0.25) is 0 Å². The average Bonchev–Trinajstić information content (AvgIpc) is 1.82. The van der Waals surface area contributed by atoms with Crippen molar-refractivity contribution in [3.05, 3.63) is 12.2 Å². The van der Waals surface area contributed by atoms with Crippen molar-refractivity contribution in [3.63, 3.8) is 0 Å². The molecule has 0 aliphatic carbocycles. The molecule has 50 valence electrons. The summed E-state index contributed by atoms with van der Waals surface area (Å²) in [7, 11) is 0. The highest BCUT2D eigenvalue weighted by Crippen LogP contribution is 2.09. The number of nitriles is 1. The van der Waals surface area contributed by atoms with Crippen molar-refractivity contribution in [2.45, 2.75) is 20.8 Å². The minimum Gasteiger partial charge on any atom is -0.193 e. The van der Waals surface area contributed by atoms with Gasteiger partial charge in [-0.2, -0.15) is 5.26 Å². The van der Waals surface area contributed by atoms with E-state index in [1.54, 1.807) is 6.08 Å². The van der Waals surface area contributed by atoms with Crippen molar-refractivity contribution >= 4 is 0 Å². The van der Waals surface area contributed by atoms with Gasteiger partial charge in [0, 0.05) is 6.08 Å². The minimum atomic E-state index is 0.518. The maximum absolute atomic E-state index is 8.16. The first-order valence-electron chi connectivity index (χ1n) is 3.24. The molecule has 0 aromatic heterocycles. The molecule has 0 rings (SSSR count). The Labute approximate surface area is 57.0 Å². The van der Waals surface area contributed by atoms with E-state index in [0.717, 1.165) is 0 Å². The molecular weight excluding hydrogens is 110 g/mol. The summed E-state index contributed by atoms with van der Waals surface area (Å²) >= 11 is 0. The summed E-state index contributed by atoms with van der Waals surface area (Å²) in [4.78, 5) is 0. The van der Waals surface area contributed by atoms with Crippen molar-refractivity contribution in [2.24, 2.45) is 11.8 Å². The van der Waals surface area contributed by atoms with E-state index < -0.39 is 0 Å². The highest BCUT2D eigenvalue weighted by Gasteiger charge is 2.00. The number of hydrogen-bond donors (Lipinski definition) is 0. The third-order valence-electron chi connectivity index (χ3n) is 1.53. The van der Waals surface area contributed by atoms with Gasteiger partial charge in [-0.25, -0.2) is 0 Å². The van der Waals surface area contributed by atoms with E-state index in [0.29, 0.717) is 11.8 Å². The summed E-state index contributed by atoms with van der Waals surface area (Å²) in [6, 6.07) is 1.97. The van der Waals surface area contributed by atoms with Crippen LogP contribution in [0.15, 0.2) is 12.2 Å². The van der Waals surface area contributed by atoms with E-state index in [9.17, 15) is 0 Å². The molecule has 0 aliphatic rings. The van der Waals surface area contributed by atoms with Crippen LogP contribution in [0.25, 0.3) is 0 Å². The molecule has 0 spiro atoms. The third kappa shape index (κ3) is 3.78. The van der Waals surface area contributed by atoms with Gasteiger partial charge in [-0.1, -0.05) is 26.8 Å². The van der Waals surface area contributed by atoms with E-state index in [2.05, 4.69) is 20.8 Å². The zero-order valence-electron chi connectivity index (χ0n) is 6.26. The number of rotatable bonds is 2. The van der Waals surface area contributed by atoms with Crippen LogP contribution in [-0.4, -0.2) is 0 Å². The van der Waals surface area contributed by atoms with Crippen LogP contribution in [0.4, 0.5) is 0 Å². The highest BCUT2D eigenvalue weighted by atomic mass is 14.2. The van der Waals surface area contributed by atoms with Gasteiger partial charge >= 0.3 is 0 Å². The summed E-state index contributed by atoms with van der Waals surface area (Å²) in [6.07, 6.45) is 3.48. The smallest absolute Gasteiger partial charge is 0.0908 e. The first kappa shape index (κ1) is 8.23. The van der Waals surface area contributed by atoms with Gasteiger partial charge in [0.05, 0.1) is 6.07 Å². The van der Waals surface area contributed by atoms with E-state index >= 15 is 0 Å². The molecule has 0 saturated carbocycles. The highest BCUT2D eigenvalue weighted by molar-refractivity contribution is 5.03. The molecule has 1 atom stereocenters. The van der Waals surface area contributed by atoms with Crippen LogP contribution in [0, 0.1) is 23.2 Å². The summed E-state index contributed by atoms with van der Waals surface area (Å²) in [6.45, 7) is 6.40. The summed E-state index contributed by atoms with van der Waals surface area (Å²) < 4.78 is 0. The van der Waals surface area contributed by atoms with E-state index in [1.807, 2.05) is 12.1 Å². The molecule has 0 fully saturated rings. The number of nitrogens with zero attached hydrogens (tertiary/aromatic N) is 1. The van der Waals surface area contributed by atoms with Gasteiger partial charge in [-0.15, -0.1) is 0 Å². The molecule has 0 bridgehead atoms. The van der Waals surface area contributed by atoms with Crippen LogP contribution in [0.1, 0.15) is 20.8 Å². The monoisotopic (exact) mass is 123 g/mol. The fourth-order valence-corrected chi connectivity index (χ4v) is 0.417. The zero-order chi connectivity index (χ0) is 7.28. The second-order valence-electron chi connectivity index (χ2n) is 2.59. The Morgan fingerprint density at radius 2 is 1.89 bits per heavy atom. The average molecular weight is 123 g/mol. The lowest BCUT2D eigenvalue weighted by atomic mass is 9.98. The Kier molecular flexibility index (Phi) is 3.79. The van der Waals surface area contributed by atoms with E-state index in [1.165, 1.54) is 0 Å². The molecule has 0 saturated heterocycles. The molecule has 1 unspecified atom stereocenters. The fourth-order valence-electron chi connectivity index (χ4n) is 0.417. The van der Waals surface area contributed by atoms with Crippen LogP contribution in [0.5, 0.6) is 0 Å². The number of allylic oxidation sites excluding steroid dienone is 2. The molecule has 9 heavy (non-hydrogen) atoms. The van der Waals surface area contributed by atoms with Gasteiger partial charge in [-0.05, 0) is 11.8 Å². The quantitative estimate of drug-likeness (QED) is 0.517. The minimum absolute atomic E-state index is 0.518. The lowest BCUT2D eigenvalue weighted by molar-refractivity contribution is 0.504. The van der Waals surface area contributed by atoms with Gasteiger partial charge in [0.1, 0.15) is 0 Å². The van der Waals surface area contributed by atoms with Crippen LogP contribution in [0.2, 0.25) is 0 Å². The van der Waals surface area contributed by atoms with Gasteiger partial charge in [0.15, 0.2) is 0 Å². The summed E-state index contributed by atoms with van der Waals surface area (Å²) in [5.41, 5.74) is 0. The lowest BCUT2D eigenvalue weighted by Crippen LogP contribution is -1.98. The Bertz CT molecular complexity index is 128. The van der Waals surface area contributed by atoms with Crippen molar-refractivity contribution in [1.29, 1.82) is 5.26 Å². The SMILES string of the molecule is CC(C)C(C)C=CC#N. The molecule has 0 aromatic rings. The molecule has 0 aromatic carbocycles. The first-order valence-corrected chi connectivity index (χ1v) is 3.24. The molecule has 1 heteroatoms. The van der Waals surface area contributed by atoms with Gasteiger partial charge in [0.25, 0.3) is 0 Å². The maximum atomic E-state index is 8.16. The fraction of sp³-hybridized carbons (Fsp3) is 0.625. The Morgan fingerprint density at radius 1 is 1.33 bits per heavy atom.